The largest absolute Gasteiger partial charge is 2.00 e. The molecule has 0 bridgehead atoms. The molecule has 0 amide bonds. The van der Waals surface area contributed by atoms with Crippen LogP contribution in [0.3, 0.4) is 0 Å². The van der Waals surface area contributed by atoms with Crippen LogP contribution in [0, 0.1) is 0 Å². The van der Waals surface area contributed by atoms with Gasteiger partial charge in [-0.05, 0) is 0 Å². The molecule has 0 aromatic rings. The third kappa shape index (κ3) is 774. The minimum absolute atomic E-state index is 0. The van der Waals surface area contributed by atoms with Gasteiger partial charge in [0.15, 0.2) is 0 Å². The topological polar surface area (TPSA) is 0 Å². The van der Waals surface area contributed by atoms with Crippen molar-refractivity contribution in [3.63, 3.8) is 0 Å². The summed E-state index contributed by atoms with van der Waals surface area (Å²) in [6.45, 7) is 0. The smallest absolute Gasteiger partial charge is 0.147 e. The molecule has 64 heteroatoms. The van der Waals surface area contributed by atoms with E-state index < -0.39 is 0 Å². The Morgan fingerprint density at radius 2 is 0.0312 bits per heavy atom. The van der Waals surface area contributed by atoms with Crippen LogP contribution in [0.25, 0.3) is 0 Å². The molecule has 0 aromatic heterocycles. The molecule has 0 aromatic carbocycles. The van der Waals surface area contributed by atoms with E-state index in [9.17, 15) is 0 Å². The van der Waals surface area contributed by atoms with Crippen molar-refractivity contribution in [3.8, 4) is 0 Å². The molecule has 0 saturated heterocycles. The normalized spacial score (nSPS) is 0. The van der Waals surface area contributed by atoms with Crippen molar-refractivity contribution in [1.29, 1.82) is 0 Å². The van der Waals surface area contributed by atoms with E-state index in [1.165, 1.54) is 0 Å². The maximum atomic E-state index is 0. The van der Waals surface area contributed by atoms with Gasteiger partial charge in [0.05, 0.1) is 0 Å². The second-order valence-electron chi connectivity index (χ2n) is 0. The average Bonchev–Trinajstić information content (AvgIpc) is 0. The van der Waals surface area contributed by atoms with Crippen LogP contribution in [-0.4, -0.2) is 692 Å². The van der Waals surface area contributed by atoms with Gasteiger partial charge >= 0.3 is 692 Å². The van der Waals surface area contributed by atoms with Gasteiger partial charge in [0.1, 0.15) is 0 Å². The Morgan fingerprint density at radius 3 is 0.0312 bits per heavy atom. The molecule has 0 radical (unpaired) electrons. The van der Waals surface area contributed by atoms with E-state index in [-0.39, 0.29) is 1110 Å². The molecule has 0 atom stereocenters. The number of hydrogen-bond donors (Lipinski definition) is 0. The zero-order valence-corrected chi connectivity index (χ0v) is 105. The third-order valence-electron chi connectivity index (χ3n) is 0. The van der Waals surface area contributed by atoms with Crippen LogP contribution >= 0.6 is 422 Å². The molecule has 0 rings (SSSR count). The molecule has 0 unspecified atom stereocenters. The van der Waals surface area contributed by atoms with Crippen LogP contribution in [0.15, 0.2) is 0 Å². The van der Waals surface area contributed by atoms with Crippen LogP contribution in [0.1, 0.15) is 0 Å². The van der Waals surface area contributed by atoms with Gasteiger partial charge < -0.3 is 0 Å². The van der Waals surface area contributed by atoms with Crippen LogP contribution in [0.5, 0.6) is 0 Å². The van der Waals surface area contributed by atoms with Gasteiger partial charge in [-0.1, -0.05) is 0 Å². The van der Waals surface area contributed by atoms with Gasteiger partial charge in [-0.15, -0.1) is 422 Å². The monoisotopic (exact) mass is 1940 g/mol. The standard InChI is InChI=1S/34ClH.30Mg/h34*1H;;;;;;;;;;;;;;;;;;;;;;;;;;;;;;/q;;;;;;;;;;;;;;;;;;;;;;;;;;;;;;;;;;30*+2. The number of hydrogen-bond acceptors (Lipinski definition) is 0. The SMILES string of the molecule is Cl.Cl.Cl.Cl.Cl.Cl.Cl.Cl.Cl.Cl.Cl.Cl.Cl.Cl.Cl.Cl.Cl.Cl.Cl.Cl.Cl.Cl.Cl.Cl.Cl.Cl.Cl.Cl.Cl.Cl.Cl.Cl.Cl.Cl.[Mg+2].[Mg+2].[Mg+2].[Mg+2].[Mg+2].[Mg+2].[Mg+2].[Mg+2].[Mg+2].[Mg+2].[Mg+2].[Mg+2].[Mg+2].[Mg+2].[Mg+2].[Mg+2].[Mg+2].[Mg+2].[Mg+2].[Mg+2].[Mg+2].[Mg+2].[Mg+2].[Mg+2].[Mg+2].[Mg+2].[Mg+2].[Mg+2].[Mg+2].[Mg+2]. The van der Waals surface area contributed by atoms with Crippen molar-refractivity contribution in [3.05, 3.63) is 0 Å². The molecule has 0 nitrogen and oxygen atoms in total. The van der Waals surface area contributed by atoms with E-state index in [1.54, 1.807) is 0 Å². The summed E-state index contributed by atoms with van der Waals surface area (Å²) < 4.78 is 0. The van der Waals surface area contributed by atoms with E-state index in [2.05, 4.69) is 0 Å². The molecule has 0 N–H and O–H groups in total. The summed E-state index contributed by atoms with van der Waals surface area (Å²) in [7, 11) is 0. The second-order valence-corrected chi connectivity index (χ2v) is 0. The zero-order chi connectivity index (χ0) is 0. The molecule has 272 valence electrons. The molecule has 0 spiro atoms. The van der Waals surface area contributed by atoms with E-state index in [0.29, 0.717) is 0 Å². The van der Waals surface area contributed by atoms with Crippen molar-refractivity contribution in [2.75, 3.05) is 0 Å². The zero-order valence-electron chi connectivity index (χ0n) is 35.1. The fraction of sp³-hybridized carbons (Fsp3) is 0. The first-order chi connectivity index (χ1) is 0. The first kappa shape index (κ1) is 825. The second kappa shape index (κ2) is 799. The van der Waals surface area contributed by atoms with Crippen molar-refractivity contribution in [1.82, 2.24) is 0 Å². The van der Waals surface area contributed by atoms with Crippen molar-refractivity contribution >= 4 is 1110 Å². The summed E-state index contributed by atoms with van der Waals surface area (Å²) in [6, 6.07) is 0. The Hall–Kier alpha value is 32.8. The predicted molar refractivity (Wildman–Crippen MR) is 419 cm³/mol. The summed E-state index contributed by atoms with van der Waals surface area (Å²) in [5.74, 6) is 0. The number of rotatable bonds is 0. The quantitative estimate of drug-likeness (QED) is 0.328. The first-order valence-corrected chi connectivity index (χ1v) is 0. The number of halogens is 34. The maximum absolute atomic E-state index is 0. The Kier molecular flexibility index (Phi) is 10300. The Labute approximate surface area is 1080 Å². The van der Waals surface area contributed by atoms with Crippen LogP contribution in [0.4, 0.5) is 0 Å². The van der Waals surface area contributed by atoms with E-state index in [4.69, 9.17) is 0 Å². The van der Waals surface area contributed by atoms with Gasteiger partial charge in [-0.3, -0.25) is 0 Å². The minimum atomic E-state index is 0. The summed E-state index contributed by atoms with van der Waals surface area (Å²) in [6.07, 6.45) is 0. The third-order valence-corrected chi connectivity index (χ3v) is 0. The van der Waals surface area contributed by atoms with Crippen LogP contribution in [0.2, 0.25) is 0 Å². The minimum Gasteiger partial charge on any atom is -0.147 e. The fourth-order valence-corrected chi connectivity index (χ4v) is 0. The first-order valence-electron chi connectivity index (χ1n) is 0. The van der Waals surface area contributed by atoms with Gasteiger partial charge in [-0.25, -0.2) is 0 Å². The van der Waals surface area contributed by atoms with E-state index >= 15 is 0 Å². The Balaban J connectivity index is 0. The molecule has 0 aliphatic heterocycles. The van der Waals surface area contributed by atoms with Gasteiger partial charge in [-0.2, -0.15) is 0 Å². The predicted octanol–water partition coefficient (Wildman–Crippen LogP) is 2.92. The van der Waals surface area contributed by atoms with Crippen molar-refractivity contribution in [2.45, 2.75) is 0 Å². The maximum Gasteiger partial charge on any atom is 2.00 e. The van der Waals surface area contributed by atoms with Gasteiger partial charge in [0, 0.05) is 0 Å². The summed E-state index contributed by atoms with van der Waals surface area (Å²) in [5.41, 5.74) is 0. The van der Waals surface area contributed by atoms with E-state index in [0.717, 1.165) is 0 Å². The van der Waals surface area contributed by atoms with Gasteiger partial charge in [0.25, 0.3) is 0 Å². The van der Waals surface area contributed by atoms with Crippen LogP contribution < -0.4 is 0 Å². The Morgan fingerprint density at radius 1 is 0.0312 bits per heavy atom. The van der Waals surface area contributed by atoms with E-state index in [1.807, 2.05) is 0 Å². The summed E-state index contributed by atoms with van der Waals surface area (Å²) >= 11 is 0. The van der Waals surface area contributed by atoms with Crippen molar-refractivity contribution in [2.24, 2.45) is 0 Å². The molecule has 0 aliphatic rings. The molecule has 0 saturated carbocycles. The van der Waals surface area contributed by atoms with Gasteiger partial charge in [0.2, 0.25) is 0 Å². The summed E-state index contributed by atoms with van der Waals surface area (Å²) in [5, 5.41) is 0. The molecular formula is H34Cl34Mg30+60. The van der Waals surface area contributed by atoms with Crippen LogP contribution in [-0.2, 0) is 0 Å². The molecule has 0 fully saturated rings. The Bertz CT molecular complexity index is 63.8. The molecule has 64 heavy (non-hydrogen) atoms. The summed E-state index contributed by atoms with van der Waals surface area (Å²) in [4.78, 5) is 0. The average molecular weight is 1970 g/mol. The van der Waals surface area contributed by atoms with Crippen molar-refractivity contribution < 1.29 is 0 Å². The molecule has 0 aliphatic carbocycles. The molecular weight excluding hydrogens is 1930 g/mol. The molecule has 0 heterocycles. The fourth-order valence-electron chi connectivity index (χ4n) is 0.